The molecule has 0 unspecified atom stereocenters. The van der Waals surface area contributed by atoms with Crippen LogP contribution in [0.15, 0.2) is 59.3 Å². The van der Waals surface area contributed by atoms with Crippen molar-refractivity contribution >= 4 is 23.2 Å². The maximum absolute atomic E-state index is 12.3. The number of nitrogens with one attached hydrogen (secondary N) is 1. The van der Waals surface area contributed by atoms with E-state index in [0.717, 1.165) is 48.9 Å². The molecule has 0 atom stereocenters. The van der Waals surface area contributed by atoms with E-state index in [0.29, 0.717) is 23.9 Å². The zero-order chi connectivity index (χ0) is 21.6. The standard InChI is InChI=1S/C23H25ClN4O3/c1-30-21-4-2-18(24)14-20(21)28-12-10-27(11-13-28)16-19-3-5-22(31-19)23(29)26-15-17-6-8-25-9-7-17/h2-9,14H,10-13,15-16H2,1H3,(H,26,29). The molecular weight excluding hydrogens is 416 g/mol. The number of carbonyl (C=O) groups is 1. The Bertz CT molecular complexity index is 1020. The zero-order valence-corrected chi connectivity index (χ0v) is 18.1. The van der Waals surface area contributed by atoms with Crippen molar-refractivity contribution in [2.75, 3.05) is 38.2 Å². The number of ether oxygens (including phenoxy) is 1. The van der Waals surface area contributed by atoms with Crippen molar-refractivity contribution in [1.82, 2.24) is 15.2 Å². The summed E-state index contributed by atoms with van der Waals surface area (Å²) < 4.78 is 11.3. The number of nitrogens with zero attached hydrogens (tertiary/aromatic N) is 3. The summed E-state index contributed by atoms with van der Waals surface area (Å²) in [4.78, 5) is 20.9. The first-order chi connectivity index (χ1) is 15.1. The summed E-state index contributed by atoms with van der Waals surface area (Å²) in [6.45, 7) is 4.57. The van der Waals surface area contributed by atoms with E-state index in [1.54, 1.807) is 25.6 Å². The highest BCUT2D eigenvalue weighted by molar-refractivity contribution is 6.30. The van der Waals surface area contributed by atoms with Crippen molar-refractivity contribution in [3.63, 3.8) is 0 Å². The molecule has 162 valence electrons. The minimum atomic E-state index is -0.221. The third-order valence-corrected chi connectivity index (χ3v) is 5.56. The maximum Gasteiger partial charge on any atom is 0.287 e. The van der Waals surface area contributed by atoms with Crippen LogP contribution < -0.4 is 15.0 Å². The number of methoxy groups -OCH3 is 1. The molecule has 0 spiro atoms. The first-order valence-electron chi connectivity index (χ1n) is 10.2. The number of halogens is 1. The summed E-state index contributed by atoms with van der Waals surface area (Å²) in [5, 5.41) is 3.57. The van der Waals surface area contributed by atoms with Crippen LogP contribution in [0, 0.1) is 0 Å². The molecule has 1 aliphatic rings. The van der Waals surface area contributed by atoms with E-state index in [4.69, 9.17) is 20.8 Å². The van der Waals surface area contributed by atoms with Crippen molar-refractivity contribution < 1.29 is 13.9 Å². The van der Waals surface area contributed by atoms with Gasteiger partial charge in [0.15, 0.2) is 5.76 Å². The number of anilines is 1. The Labute approximate surface area is 186 Å². The Morgan fingerprint density at radius 2 is 1.90 bits per heavy atom. The lowest BCUT2D eigenvalue weighted by Crippen LogP contribution is -2.46. The molecule has 1 fully saturated rings. The molecule has 3 heterocycles. The third-order valence-electron chi connectivity index (χ3n) is 5.32. The summed E-state index contributed by atoms with van der Waals surface area (Å²) in [7, 11) is 1.67. The van der Waals surface area contributed by atoms with Gasteiger partial charge in [0.05, 0.1) is 19.3 Å². The topological polar surface area (TPSA) is 70.8 Å². The predicted octanol–water partition coefficient (Wildman–Crippen LogP) is 3.59. The number of rotatable bonds is 7. The number of piperazine rings is 1. The van der Waals surface area contributed by atoms with E-state index >= 15 is 0 Å². The van der Waals surface area contributed by atoms with E-state index in [9.17, 15) is 4.79 Å². The average molecular weight is 441 g/mol. The predicted molar refractivity (Wildman–Crippen MR) is 120 cm³/mol. The fraction of sp³-hybridized carbons (Fsp3) is 0.304. The molecule has 1 saturated heterocycles. The number of carbonyl (C=O) groups excluding carboxylic acids is 1. The fourth-order valence-electron chi connectivity index (χ4n) is 3.63. The van der Waals surface area contributed by atoms with Crippen LogP contribution in [0.2, 0.25) is 5.02 Å². The molecular formula is C23H25ClN4O3. The van der Waals surface area contributed by atoms with Crippen molar-refractivity contribution in [3.05, 3.63) is 77.0 Å². The van der Waals surface area contributed by atoms with Gasteiger partial charge in [-0.3, -0.25) is 14.7 Å². The molecule has 4 rings (SSSR count). The number of hydrogen-bond donors (Lipinski definition) is 1. The van der Waals surface area contributed by atoms with Crippen LogP contribution in [-0.2, 0) is 13.1 Å². The molecule has 8 heteroatoms. The van der Waals surface area contributed by atoms with Crippen molar-refractivity contribution in [1.29, 1.82) is 0 Å². The summed E-state index contributed by atoms with van der Waals surface area (Å²) in [5.74, 6) is 1.71. The van der Waals surface area contributed by atoms with Crippen molar-refractivity contribution in [3.8, 4) is 5.75 Å². The summed E-state index contributed by atoms with van der Waals surface area (Å²) in [6, 6.07) is 13.0. The molecule has 1 aromatic carbocycles. The second kappa shape index (κ2) is 9.85. The van der Waals surface area contributed by atoms with E-state index < -0.39 is 0 Å². The highest BCUT2D eigenvalue weighted by Gasteiger charge is 2.21. The molecule has 7 nitrogen and oxygen atoms in total. The molecule has 0 radical (unpaired) electrons. The Balaban J connectivity index is 1.29. The van der Waals surface area contributed by atoms with E-state index in [-0.39, 0.29) is 5.91 Å². The highest BCUT2D eigenvalue weighted by Crippen LogP contribution is 2.32. The van der Waals surface area contributed by atoms with Crippen LogP contribution in [0.5, 0.6) is 5.75 Å². The highest BCUT2D eigenvalue weighted by atomic mass is 35.5. The van der Waals surface area contributed by atoms with E-state index in [2.05, 4.69) is 20.1 Å². The van der Waals surface area contributed by atoms with Crippen LogP contribution in [0.4, 0.5) is 5.69 Å². The number of aromatic nitrogens is 1. The van der Waals surface area contributed by atoms with Crippen LogP contribution in [0.3, 0.4) is 0 Å². The smallest absolute Gasteiger partial charge is 0.287 e. The molecule has 1 amide bonds. The average Bonchev–Trinajstić information content (AvgIpc) is 3.27. The molecule has 0 saturated carbocycles. The Hall–Kier alpha value is -3.03. The summed E-state index contributed by atoms with van der Waals surface area (Å²) in [6.07, 6.45) is 3.41. The van der Waals surface area contributed by atoms with Crippen LogP contribution in [0.25, 0.3) is 0 Å². The normalized spacial score (nSPS) is 14.5. The van der Waals surface area contributed by atoms with Gasteiger partial charge < -0.3 is 19.4 Å². The number of amides is 1. The minimum absolute atomic E-state index is 0.221. The molecule has 0 bridgehead atoms. The number of benzene rings is 1. The van der Waals surface area contributed by atoms with Gasteiger partial charge in [-0.1, -0.05) is 11.6 Å². The van der Waals surface area contributed by atoms with Gasteiger partial charge in [-0.25, -0.2) is 0 Å². The molecule has 1 aliphatic heterocycles. The first-order valence-corrected chi connectivity index (χ1v) is 10.6. The summed E-state index contributed by atoms with van der Waals surface area (Å²) >= 11 is 6.17. The molecule has 2 aromatic heterocycles. The first kappa shape index (κ1) is 21.2. The Morgan fingerprint density at radius 1 is 1.13 bits per heavy atom. The number of pyridine rings is 1. The SMILES string of the molecule is COc1ccc(Cl)cc1N1CCN(Cc2ccc(C(=O)NCc3ccncc3)o2)CC1. The monoisotopic (exact) mass is 440 g/mol. The lowest BCUT2D eigenvalue weighted by atomic mass is 10.2. The van der Waals surface area contributed by atoms with Gasteiger partial charge in [-0.15, -0.1) is 0 Å². The van der Waals surface area contributed by atoms with Crippen LogP contribution in [-0.4, -0.2) is 49.1 Å². The van der Waals surface area contributed by atoms with Gasteiger partial charge in [0.25, 0.3) is 5.91 Å². The lowest BCUT2D eigenvalue weighted by Gasteiger charge is -2.36. The lowest BCUT2D eigenvalue weighted by molar-refractivity contribution is 0.0919. The molecule has 0 aliphatic carbocycles. The minimum Gasteiger partial charge on any atom is -0.495 e. The summed E-state index contributed by atoms with van der Waals surface area (Å²) in [5.41, 5.74) is 2.00. The third kappa shape index (κ3) is 5.37. The quantitative estimate of drug-likeness (QED) is 0.605. The van der Waals surface area contributed by atoms with Crippen molar-refractivity contribution in [2.45, 2.75) is 13.1 Å². The van der Waals surface area contributed by atoms with Gasteiger partial charge in [0, 0.05) is 50.1 Å². The Kier molecular flexibility index (Phi) is 6.74. The van der Waals surface area contributed by atoms with Gasteiger partial charge in [0.2, 0.25) is 0 Å². The van der Waals surface area contributed by atoms with Gasteiger partial charge >= 0.3 is 0 Å². The number of furan rings is 1. The number of hydrogen-bond acceptors (Lipinski definition) is 6. The maximum atomic E-state index is 12.3. The van der Waals surface area contributed by atoms with Crippen LogP contribution >= 0.6 is 11.6 Å². The van der Waals surface area contributed by atoms with E-state index in [1.807, 2.05) is 36.4 Å². The fourth-order valence-corrected chi connectivity index (χ4v) is 3.80. The molecule has 1 N–H and O–H groups in total. The largest absolute Gasteiger partial charge is 0.495 e. The molecule has 31 heavy (non-hydrogen) atoms. The molecule has 3 aromatic rings. The van der Waals surface area contributed by atoms with Gasteiger partial charge in [-0.2, -0.15) is 0 Å². The van der Waals surface area contributed by atoms with Crippen LogP contribution in [0.1, 0.15) is 21.9 Å². The van der Waals surface area contributed by atoms with E-state index in [1.165, 1.54) is 0 Å². The second-order valence-electron chi connectivity index (χ2n) is 7.38. The zero-order valence-electron chi connectivity index (χ0n) is 17.4. The van der Waals surface area contributed by atoms with Crippen molar-refractivity contribution in [2.24, 2.45) is 0 Å². The van der Waals surface area contributed by atoms with Gasteiger partial charge in [0.1, 0.15) is 11.5 Å². The van der Waals surface area contributed by atoms with Gasteiger partial charge in [-0.05, 0) is 48.0 Å². The Morgan fingerprint density at radius 3 is 2.65 bits per heavy atom. The second-order valence-corrected chi connectivity index (χ2v) is 7.82.